The smallest absolute Gasteiger partial charge is 0.338 e. The van der Waals surface area contributed by atoms with E-state index in [0.717, 1.165) is 16.3 Å². The Labute approximate surface area is 157 Å². The van der Waals surface area contributed by atoms with E-state index in [4.69, 9.17) is 9.47 Å². The maximum absolute atomic E-state index is 12.4. The molecule has 5 nitrogen and oxygen atoms in total. The summed E-state index contributed by atoms with van der Waals surface area (Å²) in [6, 6.07) is 20.6. The molecule has 27 heavy (non-hydrogen) atoms. The maximum atomic E-state index is 12.4. The first-order valence-electron chi connectivity index (χ1n) is 8.70. The summed E-state index contributed by atoms with van der Waals surface area (Å²) in [5, 5.41) is 5.05. The molecular formula is C22H21NO4. The molecule has 0 spiro atoms. The number of benzene rings is 3. The first-order valence-corrected chi connectivity index (χ1v) is 8.70. The minimum absolute atomic E-state index is 0.109. The molecule has 138 valence electrons. The van der Waals surface area contributed by atoms with E-state index in [1.165, 1.54) is 0 Å². The van der Waals surface area contributed by atoms with Gasteiger partial charge >= 0.3 is 5.97 Å². The molecule has 3 rings (SSSR count). The van der Waals surface area contributed by atoms with Crippen LogP contribution in [0.15, 0.2) is 66.7 Å². The lowest BCUT2D eigenvalue weighted by atomic mass is 10.0. The molecule has 0 fully saturated rings. The van der Waals surface area contributed by atoms with E-state index in [1.807, 2.05) is 42.5 Å². The monoisotopic (exact) mass is 363 g/mol. The number of hydrogen-bond acceptors (Lipinski definition) is 4. The average Bonchev–Trinajstić information content (AvgIpc) is 2.69. The van der Waals surface area contributed by atoms with E-state index < -0.39 is 5.97 Å². The molecule has 0 unspecified atom stereocenters. The fourth-order valence-corrected chi connectivity index (χ4v) is 2.82. The van der Waals surface area contributed by atoms with E-state index in [-0.39, 0.29) is 18.9 Å². The summed E-state index contributed by atoms with van der Waals surface area (Å²) < 4.78 is 9.90. The number of ether oxygens (including phenoxy) is 2. The summed E-state index contributed by atoms with van der Waals surface area (Å²) in [4.78, 5) is 24.3. The zero-order chi connectivity index (χ0) is 19.1. The minimum atomic E-state index is -0.416. The summed E-state index contributed by atoms with van der Waals surface area (Å²) in [7, 11) is 1.55. The highest BCUT2D eigenvalue weighted by molar-refractivity contribution is 5.96. The van der Waals surface area contributed by atoms with Gasteiger partial charge < -0.3 is 14.8 Å². The third kappa shape index (κ3) is 4.92. The summed E-state index contributed by atoms with van der Waals surface area (Å²) in [5.74, 6) is -0.526. The molecule has 3 aromatic carbocycles. The number of anilines is 1. The second-order valence-electron chi connectivity index (χ2n) is 6.07. The normalized spacial score (nSPS) is 10.6. The zero-order valence-electron chi connectivity index (χ0n) is 15.1. The molecule has 3 aromatic rings. The van der Waals surface area contributed by atoms with Crippen molar-refractivity contribution in [2.45, 2.75) is 6.42 Å². The summed E-state index contributed by atoms with van der Waals surface area (Å²) in [5.41, 5.74) is 2.04. The highest BCUT2D eigenvalue weighted by Gasteiger charge is 2.09. The molecule has 0 atom stereocenters. The highest BCUT2D eigenvalue weighted by Crippen LogP contribution is 2.19. The van der Waals surface area contributed by atoms with Crippen molar-refractivity contribution in [3.63, 3.8) is 0 Å². The fourth-order valence-electron chi connectivity index (χ4n) is 2.82. The lowest BCUT2D eigenvalue weighted by molar-refractivity contribution is -0.115. The largest absolute Gasteiger partial charge is 0.460 e. The first kappa shape index (κ1) is 18.6. The van der Waals surface area contributed by atoms with Crippen LogP contribution in [0.25, 0.3) is 10.8 Å². The van der Waals surface area contributed by atoms with Crippen LogP contribution < -0.4 is 5.32 Å². The van der Waals surface area contributed by atoms with Gasteiger partial charge in [-0.15, -0.1) is 0 Å². The highest BCUT2D eigenvalue weighted by atomic mass is 16.6. The van der Waals surface area contributed by atoms with Gasteiger partial charge in [0.15, 0.2) is 0 Å². The number of rotatable bonds is 7. The van der Waals surface area contributed by atoms with E-state index in [9.17, 15) is 9.59 Å². The van der Waals surface area contributed by atoms with Gasteiger partial charge in [0.25, 0.3) is 0 Å². The number of methoxy groups -OCH3 is 1. The molecule has 5 heteroatoms. The van der Waals surface area contributed by atoms with Gasteiger partial charge in [0.1, 0.15) is 6.61 Å². The van der Waals surface area contributed by atoms with Gasteiger partial charge in [-0.05, 0) is 40.6 Å². The van der Waals surface area contributed by atoms with Gasteiger partial charge in [-0.1, -0.05) is 42.5 Å². The fraction of sp³-hybridized carbons (Fsp3) is 0.182. The summed E-state index contributed by atoms with van der Waals surface area (Å²) >= 11 is 0. The van der Waals surface area contributed by atoms with Crippen LogP contribution in [0, 0.1) is 0 Å². The van der Waals surface area contributed by atoms with E-state index >= 15 is 0 Å². The molecule has 0 aliphatic carbocycles. The Hall–Kier alpha value is -3.18. The molecule has 0 bridgehead atoms. The van der Waals surface area contributed by atoms with E-state index in [1.54, 1.807) is 31.4 Å². The molecule has 0 aromatic heterocycles. The van der Waals surface area contributed by atoms with Gasteiger partial charge in [-0.2, -0.15) is 0 Å². The number of esters is 1. The number of fused-ring (bicyclic) bond motifs is 1. The molecular weight excluding hydrogens is 342 g/mol. The van der Waals surface area contributed by atoms with Crippen molar-refractivity contribution in [2.75, 3.05) is 25.6 Å². The van der Waals surface area contributed by atoms with Crippen LogP contribution in [-0.4, -0.2) is 32.2 Å². The average molecular weight is 363 g/mol. The second kappa shape index (κ2) is 8.96. The van der Waals surface area contributed by atoms with Gasteiger partial charge in [0.2, 0.25) is 5.91 Å². The van der Waals surface area contributed by atoms with Crippen molar-refractivity contribution in [1.82, 2.24) is 0 Å². The van der Waals surface area contributed by atoms with Gasteiger partial charge in [0.05, 0.1) is 18.6 Å². The lowest BCUT2D eigenvalue weighted by Crippen LogP contribution is -2.15. The van der Waals surface area contributed by atoms with Gasteiger partial charge in [-0.3, -0.25) is 4.79 Å². The van der Waals surface area contributed by atoms with Crippen LogP contribution in [0.5, 0.6) is 0 Å². The standard InChI is InChI=1S/C22H21NO4/c1-26-13-14-27-22(25)17-9-11-19(12-10-17)23-21(24)15-18-7-4-6-16-5-2-3-8-20(16)18/h2-12H,13-15H2,1H3,(H,23,24). The molecule has 1 N–H and O–H groups in total. The first-order chi connectivity index (χ1) is 13.2. The zero-order valence-corrected chi connectivity index (χ0v) is 15.1. The summed E-state index contributed by atoms with van der Waals surface area (Å²) in [6.45, 7) is 0.562. The Morgan fingerprint density at radius 3 is 2.41 bits per heavy atom. The quantitative estimate of drug-likeness (QED) is 0.512. The topological polar surface area (TPSA) is 64.6 Å². The third-order valence-electron chi connectivity index (χ3n) is 4.16. The maximum Gasteiger partial charge on any atom is 0.338 e. The number of hydrogen-bond donors (Lipinski definition) is 1. The van der Waals surface area contributed by atoms with E-state index in [0.29, 0.717) is 17.9 Å². The summed E-state index contributed by atoms with van der Waals surface area (Å²) in [6.07, 6.45) is 0.280. The van der Waals surface area contributed by atoms with Crippen LogP contribution in [0.2, 0.25) is 0 Å². The van der Waals surface area contributed by atoms with Crippen LogP contribution in [0.4, 0.5) is 5.69 Å². The Balaban J connectivity index is 1.61. The number of nitrogens with one attached hydrogen (secondary N) is 1. The molecule has 0 aliphatic heterocycles. The predicted octanol–water partition coefficient (Wildman–Crippen LogP) is 3.82. The number of amides is 1. The Bertz CT molecular complexity index is 929. The van der Waals surface area contributed by atoms with Crippen molar-refractivity contribution in [2.24, 2.45) is 0 Å². The molecule has 0 saturated heterocycles. The van der Waals surface area contributed by atoms with Crippen LogP contribution in [-0.2, 0) is 20.7 Å². The number of carbonyl (C=O) groups is 2. The second-order valence-corrected chi connectivity index (χ2v) is 6.07. The third-order valence-corrected chi connectivity index (χ3v) is 4.16. The predicted molar refractivity (Wildman–Crippen MR) is 105 cm³/mol. The van der Waals surface area contributed by atoms with Gasteiger partial charge in [0, 0.05) is 12.8 Å². The SMILES string of the molecule is COCCOC(=O)c1ccc(NC(=O)Cc2cccc3ccccc23)cc1. The molecule has 0 radical (unpaired) electrons. The number of carbonyl (C=O) groups excluding carboxylic acids is 2. The minimum Gasteiger partial charge on any atom is -0.460 e. The van der Waals surface area contributed by atoms with Crippen molar-refractivity contribution >= 4 is 28.3 Å². The molecule has 0 saturated carbocycles. The lowest BCUT2D eigenvalue weighted by Gasteiger charge is -2.09. The van der Waals surface area contributed by atoms with E-state index in [2.05, 4.69) is 5.32 Å². The van der Waals surface area contributed by atoms with Crippen molar-refractivity contribution in [1.29, 1.82) is 0 Å². The van der Waals surface area contributed by atoms with Crippen LogP contribution in [0.3, 0.4) is 0 Å². The van der Waals surface area contributed by atoms with Crippen molar-refractivity contribution in [3.8, 4) is 0 Å². The van der Waals surface area contributed by atoms with Crippen molar-refractivity contribution in [3.05, 3.63) is 77.9 Å². The van der Waals surface area contributed by atoms with Crippen LogP contribution >= 0.6 is 0 Å². The molecule has 0 aliphatic rings. The molecule has 1 amide bonds. The molecule has 0 heterocycles. The van der Waals surface area contributed by atoms with Crippen molar-refractivity contribution < 1.29 is 19.1 Å². The van der Waals surface area contributed by atoms with Gasteiger partial charge in [-0.25, -0.2) is 4.79 Å². The van der Waals surface area contributed by atoms with Crippen LogP contribution in [0.1, 0.15) is 15.9 Å². The Morgan fingerprint density at radius 2 is 1.63 bits per heavy atom. The Kier molecular flexibility index (Phi) is 6.18. The Morgan fingerprint density at radius 1 is 0.889 bits per heavy atom.